The lowest BCUT2D eigenvalue weighted by molar-refractivity contribution is -0.100. The molecular formula is C14H28N2O. The van der Waals surface area contributed by atoms with Gasteiger partial charge in [0.2, 0.25) is 0 Å². The van der Waals surface area contributed by atoms with Crippen molar-refractivity contribution in [3.8, 4) is 0 Å². The van der Waals surface area contributed by atoms with Crippen LogP contribution in [0.4, 0.5) is 0 Å². The largest absolute Gasteiger partial charge is 0.375 e. The minimum atomic E-state index is 0.113. The maximum atomic E-state index is 5.96. The lowest BCUT2D eigenvalue weighted by atomic mass is 9.88. The van der Waals surface area contributed by atoms with Crippen molar-refractivity contribution in [1.29, 1.82) is 0 Å². The summed E-state index contributed by atoms with van der Waals surface area (Å²) in [6.45, 7) is 11.3. The highest BCUT2D eigenvalue weighted by Gasteiger charge is 2.36. The smallest absolute Gasteiger partial charge is 0.0666 e. The first kappa shape index (κ1) is 13.3. The van der Waals surface area contributed by atoms with E-state index in [1.807, 2.05) is 0 Å². The van der Waals surface area contributed by atoms with E-state index in [1.54, 1.807) is 0 Å². The summed E-state index contributed by atoms with van der Waals surface area (Å²) < 4.78 is 5.96. The number of nitrogens with one attached hydrogen (secondary N) is 1. The first-order chi connectivity index (χ1) is 8.18. The summed E-state index contributed by atoms with van der Waals surface area (Å²) in [5.41, 5.74) is 0.113. The summed E-state index contributed by atoms with van der Waals surface area (Å²) in [6, 6.07) is 1.48. The van der Waals surface area contributed by atoms with E-state index in [9.17, 15) is 0 Å². The van der Waals surface area contributed by atoms with Crippen LogP contribution in [-0.4, -0.2) is 48.8 Å². The van der Waals surface area contributed by atoms with Crippen molar-refractivity contribution in [2.45, 2.75) is 64.1 Å². The standard InChI is InChI=1S/C14H28N2O/c1-4-14(3)10-12(7-9-17-14)16(5-2)13-6-8-15-11-13/h12-13,15H,4-11H2,1-3H3. The molecule has 0 spiro atoms. The highest BCUT2D eigenvalue weighted by Crippen LogP contribution is 2.31. The van der Waals surface area contributed by atoms with Crippen LogP contribution in [0, 0.1) is 0 Å². The van der Waals surface area contributed by atoms with E-state index in [2.05, 4.69) is 31.0 Å². The summed E-state index contributed by atoms with van der Waals surface area (Å²) in [6.07, 6.45) is 4.85. The van der Waals surface area contributed by atoms with Gasteiger partial charge in [0.25, 0.3) is 0 Å². The van der Waals surface area contributed by atoms with Gasteiger partial charge in [-0.05, 0) is 45.7 Å². The van der Waals surface area contributed by atoms with Crippen molar-refractivity contribution in [2.24, 2.45) is 0 Å². The van der Waals surface area contributed by atoms with Crippen LogP contribution >= 0.6 is 0 Å². The van der Waals surface area contributed by atoms with Gasteiger partial charge in [-0.2, -0.15) is 0 Å². The number of rotatable bonds is 4. The van der Waals surface area contributed by atoms with Gasteiger partial charge < -0.3 is 10.1 Å². The van der Waals surface area contributed by atoms with Crippen LogP contribution in [0.15, 0.2) is 0 Å². The maximum absolute atomic E-state index is 5.96. The fourth-order valence-electron chi connectivity index (χ4n) is 3.37. The molecule has 0 aliphatic carbocycles. The Balaban J connectivity index is 1.98. The molecule has 2 rings (SSSR count). The summed E-state index contributed by atoms with van der Waals surface area (Å²) in [5, 5.41) is 3.49. The fourth-order valence-corrected chi connectivity index (χ4v) is 3.37. The minimum absolute atomic E-state index is 0.113. The van der Waals surface area contributed by atoms with E-state index in [4.69, 9.17) is 4.74 Å². The second-order valence-electron chi connectivity index (χ2n) is 5.78. The molecule has 0 bridgehead atoms. The van der Waals surface area contributed by atoms with E-state index < -0.39 is 0 Å². The summed E-state index contributed by atoms with van der Waals surface area (Å²) in [7, 11) is 0. The van der Waals surface area contributed by atoms with Crippen molar-refractivity contribution in [1.82, 2.24) is 10.2 Å². The zero-order chi connectivity index (χ0) is 12.3. The second-order valence-corrected chi connectivity index (χ2v) is 5.78. The first-order valence-corrected chi connectivity index (χ1v) is 7.29. The molecular weight excluding hydrogens is 212 g/mol. The van der Waals surface area contributed by atoms with Gasteiger partial charge in [0.05, 0.1) is 5.60 Å². The molecule has 0 amide bonds. The molecule has 0 saturated carbocycles. The molecule has 1 N–H and O–H groups in total. The van der Waals surface area contributed by atoms with E-state index in [0.717, 1.165) is 25.1 Å². The Morgan fingerprint density at radius 3 is 2.71 bits per heavy atom. The second kappa shape index (κ2) is 5.68. The van der Waals surface area contributed by atoms with Crippen LogP contribution in [0.5, 0.6) is 0 Å². The van der Waals surface area contributed by atoms with Gasteiger partial charge in [-0.3, -0.25) is 4.90 Å². The number of nitrogens with zero attached hydrogens (tertiary/aromatic N) is 1. The molecule has 0 radical (unpaired) electrons. The van der Waals surface area contributed by atoms with Crippen LogP contribution in [-0.2, 0) is 4.74 Å². The highest BCUT2D eigenvalue weighted by molar-refractivity contribution is 4.91. The molecule has 2 fully saturated rings. The molecule has 3 unspecified atom stereocenters. The Bertz CT molecular complexity index is 240. The molecule has 0 aromatic carbocycles. The molecule has 3 atom stereocenters. The Kier molecular flexibility index (Phi) is 4.45. The molecule has 17 heavy (non-hydrogen) atoms. The van der Waals surface area contributed by atoms with Gasteiger partial charge in [0.1, 0.15) is 0 Å². The molecule has 3 nitrogen and oxygen atoms in total. The maximum Gasteiger partial charge on any atom is 0.0666 e. The van der Waals surface area contributed by atoms with Gasteiger partial charge in [-0.15, -0.1) is 0 Å². The third-order valence-electron chi connectivity index (χ3n) is 4.65. The van der Waals surface area contributed by atoms with E-state index in [0.29, 0.717) is 0 Å². The van der Waals surface area contributed by atoms with Crippen LogP contribution in [0.1, 0.15) is 46.5 Å². The SMILES string of the molecule is CCN(C1CCNC1)C1CCOC(C)(CC)C1. The Hall–Kier alpha value is -0.120. The highest BCUT2D eigenvalue weighted by atomic mass is 16.5. The van der Waals surface area contributed by atoms with Crippen molar-refractivity contribution >= 4 is 0 Å². The minimum Gasteiger partial charge on any atom is -0.375 e. The van der Waals surface area contributed by atoms with Crippen LogP contribution < -0.4 is 5.32 Å². The predicted molar refractivity (Wildman–Crippen MR) is 71.3 cm³/mol. The normalized spacial score (nSPS) is 38.8. The van der Waals surface area contributed by atoms with Crippen molar-refractivity contribution < 1.29 is 4.74 Å². The Labute approximate surface area is 106 Å². The van der Waals surface area contributed by atoms with Gasteiger partial charge in [0, 0.05) is 25.2 Å². The number of ether oxygens (including phenoxy) is 1. The topological polar surface area (TPSA) is 24.5 Å². The zero-order valence-corrected chi connectivity index (χ0v) is 11.7. The zero-order valence-electron chi connectivity index (χ0n) is 11.7. The number of hydrogen-bond donors (Lipinski definition) is 1. The molecule has 2 saturated heterocycles. The molecule has 100 valence electrons. The number of hydrogen-bond acceptors (Lipinski definition) is 3. The van der Waals surface area contributed by atoms with Crippen molar-refractivity contribution in [2.75, 3.05) is 26.2 Å². The molecule has 3 heteroatoms. The van der Waals surface area contributed by atoms with Gasteiger partial charge in [-0.1, -0.05) is 13.8 Å². The monoisotopic (exact) mass is 240 g/mol. The lowest BCUT2D eigenvalue weighted by Gasteiger charge is -2.44. The first-order valence-electron chi connectivity index (χ1n) is 7.29. The molecule has 2 aliphatic heterocycles. The average molecular weight is 240 g/mol. The van der Waals surface area contributed by atoms with Gasteiger partial charge in [-0.25, -0.2) is 0 Å². The third kappa shape index (κ3) is 3.01. The van der Waals surface area contributed by atoms with E-state index >= 15 is 0 Å². The summed E-state index contributed by atoms with van der Waals surface area (Å²) in [5.74, 6) is 0. The average Bonchev–Trinajstić information content (AvgIpc) is 2.84. The van der Waals surface area contributed by atoms with Crippen molar-refractivity contribution in [3.63, 3.8) is 0 Å². The van der Waals surface area contributed by atoms with E-state index in [1.165, 1.54) is 38.9 Å². The summed E-state index contributed by atoms with van der Waals surface area (Å²) in [4.78, 5) is 2.72. The fraction of sp³-hybridized carbons (Fsp3) is 1.00. The molecule has 0 aromatic heterocycles. The quantitative estimate of drug-likeness (QED) is 0.813. The van der Waals surface area contributed by atoms with Crippen LogP contribution in [0.25, 0.3) is 0 Å². The van der Waals surface area contributed by atoms with Gasteiger partial charge >= 0.3 is 0 Å². The van der Waals surface area contributed by atoms with Crippen LogP contribution in [0.3, 0.4) is 0 Å². The molecule has 2 heterocycles. The molecule has 2 aliphatic rings. The summed E-state index contributed by atoms with van der Waals surface area (Å²) >= 11 is 0. The Morgan fingerprint density at radius 1 is 1.29 bits per heavy atom. The van der Waals surface area contributed by atoms with Crippen molar-refractivity contribution in [3.05, 3.63) is 0 Å². The van der Waals surface area contributed by atoms with E-state index in [-0.39, 0.29) is 5.60 Å². The molecule has 0 aromatic rings. The number of likely N-dealkylation sites (N-methyl/N-ethyl adjacent to an activating group) is 1. The predicted octanol–water partition coefficient (Wildman–Crippen LogP) is 2.02. The van der Waals surface area contributed by atoms with Crippen LogP contribution in [0.2, 0.25) is 0 Å². The Morgan fingerprint density at radius 2 is 2.12 bits per heavy atom. The third-order valence-corrected chi connectivity index (χ3v) is 4.65. The van der Waals surface area contributed by atoms with Gasteiger partial charge in [0.15, 0.2) is 0 Å². The lowest BCUT2D eigenvalue weighted by Crippen LogP contribution is -2.51.